The minimum atomic E-state index is 0.0573. The van der Waals surface area contributed by atoms with Gasteiger partial charge in [-0.25, -0.2) is 0 Å². The number of ether oxygens (including phenoxy) is 1. The Morgan fingerprint density at radius 3 is 2.47 bits per heavy atom. The standard InChI is InChI=1S/C14H20N2O/c1-14(2,11-16-10-4-9-15)12-5-7-13(17-3)8-6-12/h5-8,16H,4,10-11H2,1-3H3. The molecule has 1 aromatic rings. The third kappa shape index (κ3) is 4.08. The van der Waals surface area contributed by atoms with Gasteiger partial charge in [0.2, 0.25) is 0 Å². The maximum Gasteiger partial charge on any atom is 0.118 e. The number of nitrogens with one attached hydrogen (secondary N) is 1. The van der Waals surface area contributed by atoms with Crippen molar-refractivity contribution in [1.82, 2.24) is 5.32 Å². The summed E-state index contributed by atoms with van der Waals surface area (Å²) >= 11 is 0. The second-order valence-electron chi connectivity index (χ2n) is 4.70. The van der Waals surface area contributed by atoms with E-state index in [1.54, 1.807) is 7.11 Å². The summed E-state index contributed by atoms with van der Waals surface area (Å²) in [5.74, 6) is 0.877. The first-order valence-corrected chi connectivity index (χ1v) is 5.82. The Labute approximate surface area is 103 Å². The van der Waals surface area contributed by atoms with E-state index in [2.05, 4.69) is 37.4 Å². The summed E-state index contributed by atoms with van der Waals surface area (Å²) in [7, 11) is 1.67. The molecule has 0 fully saturated rings. The zero-order chi connectivity index (χ0) is 12.7. The van der Waals surface area contributed by atoms with E-state index in [1.165, 1.54) is 5.56 Å². The maximum absolute atomic E-state index is 8.47. The molecule has 0 atom stereocenters. The molecular weight excluding hydrogens is 212 g/mol. The summed E-state index contributed by atoms with van der Waals surface area (Å²) in [4.78, 5) is 0. The molecule has 0 amide bonds. The van der Waals surface area contributed by atoms with Crippen LogP contribution in [0.4, 0.5) is 0 Å². The quantitative estimate of drug-likeness (QED) is 0.766. The molecule has 1 N–H and O–H groups in total. The Hall–Kier alpha value is -1.53. The van der Waals surface area contributed by atoms with Crippen LogP contribution >= 0.6 is 0 Å². The number of benzene rings is 1. The SMILES string of the molecule is COc1ccc(C(C)(C)CNCCC#N)cc1. The Bertz CT molecular complexity index is 376. The Balaban J connectivity index is 2.58. The van der Waals surface area contributed by atoms with Gasteiger partial charge in [-0.1, -0.05) is 26.0 Å². The minimum absolute atomic E-state index is 0.0573. The molecule has 1 rings (SSSR count). The summed E-state index contributed by atoms with van der Waals surface area (Å²) in [5, 5.41) is 11.8. The minimum Gasteiger partial charge on any atom is -0.497 e. The van der Waals surface area contributed by atoms with Crippen molar-refractivity contribution in [1.29, 1.82) is 5.26 Å². The first kappa shape index (κ1) is 13.5. The molecule has 17 heavy (non-hydrogen) atoms. The number of hydrogen-bond acceptors (Lipinski definition) is 3. The zero-order valence-electron chi connectivity index (χ0n) is 10.8. The van der Waals surface area contributed by atoms with Crippen molar-refractivity contribution in [2.45, 2.75) is 25.7 Å². The highest BCUT2D eigenvalue weighted by atomic mass is 16.5. The van der Waals surface area contributed by atoms with Crippen molar-refractivity contribution in [3.8, 4) is 11.8 Å². The van der Waals surface area contributed by atoms with Crippen LogP contribution in [0.25, 0.3) is 0 Å². The van der Waals surface area contributed by atoms with Crippen LogP contribution in [-0.4, -0.2) is 20.2 Å². The van der Waals surface area contributed by atoms with Crippen molar-refractivity contribution in [2.24, 2.45) is 0 Å². The highest BCUT2D eigenvalue weighted by Gasteiger charge is 2.19. The van der Waals surface area contributed by atoms with Crippen LogP contribution in [0, 0.1) is 11.3 Å². The van der Waals surface area contributed by atoms with Gasteiger partial charge in [0.15, 0.2) is 0 Å². The lowest BCUT2D eigenvalue weighted by atomic mass is 9.84. The molecule has 0 spiro atoms. The molecule has 92 valence electrons. The van der Waals surface area contributed by atoms with E-state index < -0.39 is 0 Å². The molecule has 0 aliphatic carbocycles. The van der Waals surface area contributed by atoms with Gasteiger partial charge in [0.05, 0.1) is 13.2 Å². The third-order valence-corrected chi connectivity index (χ3v) is 2.85. The van der Waals surface area contributed by atoms with Gasteiger partial charge in [0.1, 0.15) is 5.75 Å². The molecule has 0 bridgehead atoms. The largest absolute Gasteiger partial charge is 0.497 e. The molecule has 0 saturated carbocycles. The highest BCUT2D eigenvalue weighted by Crippen LogP contribution is 2.24. The highest BCUT2D eigenvalue weighted by molar-refractivity contribution is 5.31. The van der Waals surface area contributed by atoms with Crippen LogP contribution < -0.4 is 10.1 Å². The lowest BCUT2D eigenvalue weighted by Gasteiger charge is -2.25. The molecule has 3 nitrogen and oxygen atoms in total. The van der Waals surface area contributed by atoms with E-state index in [9.17, 15) is 0 Å². The Morgan fingerprint density at radius 1 is 1.29 bits per heavy atom. The normalized spacial score (nSPS) is 10.9. The summed E-state index contributed by atoms with van der Waals surface area (Å²) in [5.41, 5.74) is 1.32. The van der Waals surface area contributed by atoms with Gasteiger partial charge in [0, 0.05) is 24.9 Å². The number of nitriles is 1. The van der Waals surface area contributed by atoms with Gasteiger partial charge < -0.3 is 10.1 Å². The van der Waals surface area contributed by atoms with Gasteiger partial charge in [-0.2, -0.15) is 5.26 Å². The number of hydrogen-bond donors (Lipinski definition) is 1. The average Bonchev–Trinajstić information content (AvgIpc) is 2.35. The molecule has 0 aliphatic heterocycles. The average molecular weight is 232 g/mol. The molecule has 0 aromatic heterocycles. The van der Waals surface area contributed by atoms with E-state index in [-0.39, 0.29) is 5.41 Å². The van der Waals surface area contributed by atoms with Crippen molar-refractivity contribution in [3.63, 3.8) is 0 Å². The van der Waals surface area contributed by atoms with Crippen LogP contribution in [-0.2, 0) is 5.41 Å². The van der Waals surface area contributed by atoms with E-state index in [4.69, 9.17) is 10.00 Å². The van der Waals surface area contributed by atoms with E-state index in [1.807, 2.05) is 12.1 Å². The van der Waals surface area contributed by atoms with Crippen LogP contribution in [0.1, 0.15) is 25.8 Å². The van der Waals surface area contributed by atoms with Gasteiger partial charge in [-0.15, -0.1) is 0 Å². The fourth-order valence-electron chi connectivity index (χ4n) is 1.69. The zero-order valence-corrected chi connectivity index (χ0v) is 10.8. The first-order chi connectivity index (χ1) is 8.10. The maximum atomic E-state index is 8.47. The fraction of sp³-hybridized carbons (Fsp3) is 0.500. The monoisotopic (exact) mass is 232 g/mol. The predicted molar refractivity (Wildman–Crippen MR) is 69.1 cm³/mol. The lowest BCUT2D eigenvalue weighted by Crippen LogP contribution is -2.33. The van der Waals surface area contributed by atoms with Crippen molar-refractivity contribution < 1.29 is 4.74 Å². The predicted octanol–water partition coefficient (Wildman–Crippen LogP) is 2.48. The second kappa shape index (κ2) is 6.27. The van der Waals surface area contributed by atoms with Gasteiger partial charge in [0.25, 0.3) is 0 Å². The van der Waals surface area contributed by atoms with Crippen LogP contribution in [0.15, 0.2) is 24.3 Å². The lowest BCUT2D eigenvalue weighted by molar-refractivity contribution is 0.413. The van der Waals surface area contributed by atoms with Crippen LogP contribution in [0.3, 0.4) is 0 Å². The topological polar surface area (TPSA) is 45.0 Å². The van der Waals surface area contributed by atoms with Crippen LogP contribution in [0.5, 0.6) is 5.75 Å². The Morgan fingerprint density at radius 2 is 1.94 bits per heavy atom. The fourth-order valence-corrected chi connectivity index (χ4v) is 1.69. The summed E-state index contributed by atoms with van der Waals surface area (Å²) in [6.45, 7) is 5.99. The molecule has 0 radical (unpaired) electrons. The molecule has 0 heterocycles. The van der Waals surface area contributed by atoms with Gasteiger partial charge in [-0.05, 0) is 17.7 Å². The first-order valence-electron chi connectivity index (χ1n) is 5.82. The van der Waals surface area contributed by atoms with E-state index in [0.29, 0.717) is 6.42 Å². The molecule has 1 aromatic carbocycles. The molecule has 0 unspecified atom stereocenters. The smallest absolute Gasteiger partial charge is 0.118 e. The summed E-state index contributed by atoms with van der Waals surface area (Å²) < 4.78 is 5.14. The van der Waals surface area contributed by atoms with Gasteiger partial charge >= 0.3 is 0 Å². The molecule has 0 saturated heterocycles. The third-order valence-electron chi connectivity index (χ3n) is 2.85. The summed E-state index contributed by atoms with van der Waals surface area (Å²) in [6, 6.07) is 10.3. The second-order valence-corrected chi connectivity index (χ2v) is 4.70. The van der Waals surface area contributed by atoms with Gasteiger partial charge in [-0.3, -0.25) is 0 Å². The van der Waals surface area contributed by atoms with Crippen molar-refractivity contribution in [2.75, 3.05) is 20.2 Å². The Kier molecular flexibility index (Phi) is 4.99. The molecule has 3 heteroatoms. The molecular formula is C14H20N2O. The van der Waals surface area contributed by atoms with Crippen molar-refractivity contribution in [3.05, 3.63) is 29.8 Å². The summed E-state index contributed by atoms with van der Waals surface area (Å²) in [6.07, 6.45) is 0.554. The number of rotatable bonds is 6. The van der Waals surface area contributed by atoms with Crippen molar-refractivity contribution >= 4 is 0 Å². The van der Waals surface area contributed by atoms with E-state index in [0.717, 1.165) is 18.8 Å². The molecule has 0 aliphatic rings. The van der Waals surface area contributed by atoms with Crippen LogP contribution in [0.2, 0.25) is 0 Å². The number of nitrogens with zero attached hydrogens (tertiary/aromatic N) is 1. The number of methoxy groups -OCH3 is 1. The van der Waals surface area contributed by atoms with E-state index >= 15 is 0 Å².